The van der Waals surface area contributed by atoms with E-state index in [1.807, 2.05) is 6.07 Å². The number of fused-ring (bicyclic) bond motifs is 1. The molecule has 3 heterocycles. The molecule has 1 aromatic carbocycles. The smallest absolute Gasteiger partial charge is 0.227 e. The van der Waals surface area contributed by atoms with Crippen LogP contribution in [-0.4, -0.2) is 48.1 Å². The predicted octanol–water partition coefficient (Wildman–Crippen LogP) is 2.72. The van der Waals surface area contributed by atoms with Gasteiger partial charge in [0.05, 0.1) is 12.5 Å². The molecular formula is C17H19N5O. The zero-order valence-corrected chi connectivity index (χ0v) is 13.1. The number of furan rings is 1. The minimum atomic E-state index is 0.575. The molecule has 1 aliphatic heterocycles. The Balaban J connectivity index is 1.47. The third-order valence-electron chi connectivity index (χ3n) is 4.20. The van der Waals surface area contributed by atoms with Gasteiger partial charge in [-0.05, 0) is 31.3 Å². The number of rotatable bonds is 3. The minimum absolute atomic E-state index is 0.575. The Hall–Kier alpha value is -2.60. The van der Waals surface area contributed by atoms with E-state index in [1.165, 1.54) is 5.69 Å². The monoisotopic (exact) mass is 309 g/mol. The van der Waals surface area contributed by atoms with Gasteiger partial charge in [0.25, 0.3) is 0 Å². The molecule has 0 aliphatic carbocycles. The first-order valence-corrected chi connectivity index (χ1v) is 7.79. The second-order valence-corrected chi connectivity index (χ2v) is 5.83. The number of nitrogens with zero attached hydrogens (tertiary/aromatic N) is 4. The molecule has 1 aliphatic rings. The van der Waals surface area contributed by atoms with Gasteiger partial charge in [0, 0.05) is 43.6 Å². The largest absolute Gasteiger partial charge is 0.461 e. The number of likely N-dealkylation sites (N-methyl/N-ethyl adjacent to an activating group) is 1. The van der Waals surface area contributed by atoms with Crippen LogP contribution >= 0.6 is 0 Å². The Morgan fingerprint density at radius 2 is 1.83 bits per heavy atom. The van der Waals surface area contributed by atoms with Crippen molar-refractivity contribution in [3.8, 4) is 0 Å². The van der Waals surface area contributed by atoms with Crippen LogP contribution in [0.5, 0.6) is 0 Å². The highest BCUT2D eigenvalue weighted by Crippen LogP contribution is 2.21. The third kappa shape index (κ3) is 2.98. The van der Waals surface area contributed by atoms with Crippen LogP contribution in [0.2, 0.25) is 0 Å². The highest BCUT2D eigenvalue weighted by atomic mass is 16.3. The molecular weight excluding hydrogens is 290 g/mol. The normalized spacial score (nSPS) is 16.0. The van der Waals surface area contributed by atoms with Gasteiger partial charge >= 0.3 is 0 Å². The van der Waals surface area contributed by atoms with E-state index in [2.05, 4.69) is 56.4 Å². The zero-order chi connectivity index (χ0) is 15.6. The van der Waals surface area contributed by atoms with Gasteiger partial charge in [0.15, 0.2) is 5.58 Å². The van der Waals surface area contributed by atoms with Crippen LogP contribution in [-0.2, 0) is 0 Å². The first-order valence-electron chi connectivity index (χ1n) is 7.79. The summed E-state index contributed by atoms with van der Waals surface area (Å²) in [6, 6.07) is 10.2. The zero-order valence-electron chi connectivity index (χ0n) is 13.1. The van der Waals surface area contributed by atoms with E-state index in [9.17, 15) is 0 Å². The lowest BCUT2D eigenvalue weighted by atomic mass is 10.2. The van der Waals surface area contributed by atoms with Crippen molar-refractivity contribution in [1.82, 2.24) is 14.9 Å². The Labute approximate surface area is 134 Å². The molecule has 1 fully saturated rings. The van der Waals surface area contributed by atoms with Crippen molar-refractivity contribution in [3.63, 3.8) is 0 Å². The highest BCUT2D eigenvalue weighted by molar-refractivity contribution is 5.73. The molecule has 0 spiro atoms. The summed E-state index contributed by atoms with van der Waals surface area (Å²) < 4.78 is 5.25. The number of nitrogens with one attached hydrogen (secondary N) is 1. The number of hydrogen-bond acceptors (Lipinski definition) is 6. The molecule has 0 amide bonds. The molecule has 6 nitrogen and oxygen atoms in total. The fraction of sp³-hybridized carbons (Fsp3) is 0.294. The van der Waals surface area contributed by atoms with Crippen molar-refractivity contribution in [3.05, 3.63) is 42.8 Å². The molecule has 23 heavy (non-hydrogen) atoms. The van der Waals surface area contributed by atoms with E-state index in [0.29, 0.717) is 11.5 Å². The van der Waals surface area contributed by atoms with Gasteiger partial charge in [0.2, 0.25) is 5.95 Å². The molecule has 0 unspecified atom stereocenters. The summed E-state index contributed by atoms with van der Waals surface area (Å²) in [7, 11) is 2.17. The van der Waals surface area contributed by atoms with Crippen LogP contribution in [0.3, 0.4) is 0 Å². The molecule has 1 saturated heterocycles. The Kier molecular flexibility index (Phi) is 3.59. The highest BCUT2D eigenvalue weighted by Gasteiger charge is 2.14. The van der Waals surface area contributed by atoms with Gasteiger partial charge in [-0.25, -0.2) is 9.97 Å². The first-order chi connectivity index (χ1) is 11.3. The lowest BCUT2D eigenvalue weighted by Crippen LogP contribution is -2.44. The summed E-state index contributed by atoms with van der Waals surface area (Å²) >= 11 is 0. The average Bonchev–Trinajstić information content (AvgIpc) is 3.04. The quantitative estimate of drug-likeness (QED) is 0.803. The lowest BCUT2D eigenvalue weighted by Gasteiger charge is -2.34. The summed E-state index contributed by atoms with van der Waals surface area (Å²) in [4.78, 5) is 13.5. The standard InChI is InChI=1S/C17H19N5O/c1-21-7-9-22(10-8-21)14-4-2-13(3-5-14)19-17-18-12-16-15(20-17)6-11-23-16/h2-6,11-12H,7-10H2,1H3,(H,18,19,20). The second kappa shape index (κ2) is 5.89. The minimum Gasteiger partial charge on any atom is -0.461 e. The SMILES string of the molecule is CN1CCN(c2ccc(Nc3ncc4occc4n3)cc2)CC1. The fourth-order valence-electron chi connectivity index (χ4n) is 2.78. The van der Waals surface area contributed by atoms with Gasteiger partial charge in [-0.1, -0.05) is 0 Å². The average molecular weight is 309 g/mol. The van der Waals surface area contributed by atoms with Gasteiger partial charge in [0.1, 0.15) is 5.52 Å². The summed E-state index contributed by atoms with van der Waals surface area (Å²) in [5, 5.41) is 3.23. The van der Waals surface area contributed by atoms with Crippen LogP contribution in [0.1, 0.15) is 0 Å². The molecule has 2 aromatic heterocycles. The van der Waals surface area contributed by atoms with Crippen LogP contribution in [0, 0.1) is 0 Å². The maximum Gasteiger partial charge on any atom is 0.227 e. The van der Waals surface area contributed by atoms with Crippen LogP contribution < -0.4 is 10.2 Å². The molecule has 0 bridgehead atoms. The van der Waals surface area contributed by atoms with Gasteiger partial charge in [-0.15, -0.1) is 0 Å². The van der Waals surface area contributed by atoms with E-state index in [4.69, 9.17) is 4.42 Å². The molecule has 6 heteroatoms. The molecule has 4 rings (SSSR count). The van der Waals surface area contributed by atoms with Crippen LogP contribution in [0.15, 0.2) is 47.2 Å². The fourth-order valence-corrected chi connectivity index (χ4v) is 2.78. The van der Waals surface area contributed by atoms with Gasteiger partial charge < -0.3 is 19.5 Å². The molecule has 3 aromatic rings. The predicted molar refractivity (Wildman–Crippen MR) is 91.2 cm³/mol. The van der Waals surface area contributed by atoms with Crippen molar-refractivity contribution < 1.29 is 4.42 Å². The van der Waals surface area contributed by atoms with E-state index in [0.717, 1.165) is 37.4 Å². The maximum atomic E-state index is 5.25. The molecule has 118 valence electrons. The summed E-state index contributed by atoms with van der Waals surface area (Å²) in [5.41, 5.74) is 3.73. The summed E-state index contributed by atoms with van der Waals surface area (Å²) in [5.74, 6) is 0.575. The van der Waals surface area contributed by atoms with E-state index < -0.39 is 0 Å². The van der Waals surface area contributed by atoms with Crippen molar-refractivity contribution in [2.45, 2.75) is 0 Å². The number of anilines is 3. The number of hydrogen-bond donors (Lipinski definition) is 1. The number of benzene rings is 1. The number of piperazine rings is 1. The maximum absolute atomic E-state index is 5.25. The Morgan fingerprint density at radius 3 is 2.61 bits per heavy atom. The third-order valence-corrected chi connectivity index (χ3v) is 4.20. The van der Waals surface area contributed by atoms with E-state index in [-0.39, 0.29) is 0 Å². The summed E-state index contributed by atoms with van der Waals surface area (Å²) in [6.07, 6.45) is 3.30. The topological polar surface area (TPSA) is 57.4 Å². The van der Waals surface area contributed by atoms with Crippen LogP contribution in [0.4, 0.5) is 17.3 Å². The molecule has 0 radical (unpaired) electrons. The van der Waals surface area contributed by atoms with Gasteiger partial charge in [-0.2, -0.15) is 0 Å². The lowest BCUT2D eigenvalue weighted by molar-refractivity contribution is 0.313. The van der Waals surface area contributed by atoms with Gasteiger partial charge in [-0.3, -0.25) is 0 Å². The summed E-state index contributed by atoms with van der Waals surface area (Å²) in [6.45, 7) is 4.37. The van der Waals surface area contributed by atoms with Crippen molar-refractivity contribution in [2.24, 2.45) is 0 Å². The Bertz CT molecular complexity index is 790. The number of aromatic nitrogens is 2. The Morgan fingerprint density at radius 1 is 1.04 bits per heavy atom. The van der Waals surface area contributed by atoms with Crippen molar-refractivity contribution >= 4 is 28.4 Å². The van der Waals surface area contributed by atoms with Crippen LogP contribution in [0.25, 0.3) is 11.1 Å². The van der Waals surface area contributed by atoms with E-state index in [1.54, 1.807) is 12.5 Å². The van der Waals surface area contributed by atoms with Crippen molar-refractivity contribution in [2.75, 3.05) is 43.4 Å². The van der Waals surface area contributed by atoms with Crippen molar-refractivity contribution in [1.29, 1.82) is 0 Å². The first kappa shape index (κ1) is 14.0. The second-order valence-electron chi connectivity index (χ2n) is 5.83. The molecule has 0 saturated carbocycles. The molecule has 1 N–H and O–H groups in total. The molecule has 0 atom stereocenters. The van der Waals surface area contributed by atoms with E-state index >= 15 is 0 Å².